The first-order chi connectivity index (χ1) is 8.09. The van der Waals surface area contributed by atoms with E-state index in [0.717, 1.165) is 11.5 Å². The second-order valence-corrected chi connectivity index (χ2v) is 3.74. The highest BCUT2D eigenvalue weighted by Gasteiger charge is 2.09. The maximum atomic E-state index is 7.42. The van der Waals surface area contributed by atoms with Crippen molar-refractivity contribution in [3.05, 3.63) is 36.0 Å². The van der Waals surface area contributed by atoms with Gasteiger partial charge in [0.25, 0.3) is 0 Å². The summed E-state index contributed by atoms with van der Waals surface area (Å²) in [6.07, 6.45) is 1.68. The van der Waals surface area contributed by atoms with Gasteiger partial charge in [-0.1, -0.05) is 17.3 Å². The summed E-state index contributed by atoms with van der Waals surface area (Å²) in [5.41, 5.74) is 7.10. The van der Waals surface area contributed by atoms with E-state index in [1.54, 1.807) is 16.9 Å². The fourth-order valence-corrected chi connectivity index (χ4v) is 1.60. The summed E-state index contributed by atoms with van der Waals surface area (Å²) in [7, 11) is 3.74. The Morgan fingerprint density at radius 2 is 2.24 bits per heavy atom. The van der Waals surface area contributed by atoms with Crippen molar-refractivity contribution in [2.75, 3.05) is 11.9 Å². The summed E-state index contributed by atoms with van der Waals surface area (Å²) >= 11 is 0. The number of benzene rings is 1. The molecule has 2 aromatic rings. The molecule has 0 aliphatic heterocycles. The fraction of sp³-hybridized carbons (Fsp3) is 0.182. The summed E-state index contributed by atoms with van der Waals surface area (Å²) in [5.74, 6) is 0.925. The minimum atomic E-state index is 0.0587. The van der Waals surface area contributed by atoms with Crippen molar-refractivity contribution < 1.29 is 0 Å². The maximum Gasteiger partial charge on any atom is 0.151 e. The molecule has 6 heteroatoms. The highest BCUT2D eigenvalue weighted by molar-refractivity contribution is 5.95. The minimum absolute atomic E-state index is 0.0587. The first-order valence-corrected chi connectivity index (χ1v) is 5.12. The number of amidine groups is 1. The van der Waals surface area contributed by atoms with Gasteiger partial charge < -0.3 is 10.6 Å². The number of nitrogens with zero attached hydrogens (tertiary/aromatic N) is 4. The Labute approximate surface area is 99.2 Å². The Balaban J connectivity index is 2.37. The monoisotopic (exact) mass is 230 g/mol. The van der Waals surface area contributed by atoms with Crippen LogP contribution in [0.15, 0.2) is 30.5 Å². The van der Waals surface area contributed by atoms with Crippen LogP contribution in [0.5, 0.6) is 0 Å². The average Bonchev–Trinajstić information content (AvgIpc) is 2.74. The third-order valence-corrected chi connectivity index (χ3v) is 2.58. The first kappa shape index (κ1) is 11.1. The predicted molar refractivity (Wildman–Crippen MR) is 66.5 cm³/mol. The van der Waals surface area contributed by atoms with E-state index in [-0.39, 0.29) is 5.84 Å². The summed E-state index contributed by atoms with van der Waals surface area (Å²) in [5, 5.41) is 15.1. The van der Waals surface area contributed by atoms with Gasteiger partial charge in [-0.15, -0.1) is 5.10 Å². The van der Waals surface area contributed by atoms with Crippen LogP contribution in [0.4, 0.5) is 11.5 Å². The minimum Gasteiger partial charge on any atom is -0.384 e. The molecule has 0 radical (unpaired) electrons. The molecule has 2 rings (SSSR count). The Morgan fingerprint density at radius 1 is 1.47 bits per heavy atom. The molecule has 0 aliphatic rings. The van der Waals surface area contributed by atoms with Crippen molar-refractivity contribution >= 4 is 17.3 Å². The van der Waals surface area contributed by atoms with Crippen molar-refractivity contribution in [2.45, 2.75) is 0 Å². The van der Waals surface area contributed by atoms with Gasteiger partial charge in [0.05, 0.1) is 6.20 Å². The molecule has 88 valence electrons. The second-order valence-electron chi connectivity index (χ2n) is 3.74. The summed E-state index contributed by atoms with van der Waals surface area (Å²) < 4.78 is 1.68. The largest absolute Gasteiger partial charge is 0.384 e. The van der Waals surface area contributed by atoms with Crippen molar-refractivity contribution in [3.63, 3.8) is 0 Å². The predicted octanol–water partition coefficient (Wildman–Crippen LogP) is 0.867. The molecule has 0 atom stereocenters. The maximum absolute atomic E-state index is 7.42. The van der Waals surface area contributed by atoms with Gasteiger partial charge in [0.1, 0.15) is 5.84 Å². The van der Waals surface area contributed by atoms with Crippen LogP contribution in [0, 0.1) is 5.41 Å². The summed E-state index contributed by atoms with van der Waals surface area (Å²) in [6.45, 7) is 0. The molecule has 0 spiro atoms. The standard InChI is InChI=1S/C11H14N6/c1-16(10-7-14-15-17(10)2)9-5-3-4-8(6-9)11(12)13/h3-7H,1-2H3,(H3,12,13). The van der Waals surface area contributed by atoms with Crippen LogP contribution in [0.3, 0.4) is 0 Å². The van der Waals surface area contributed by atoms with Crippen LogP contribution < -0.4 is 10.6 Å². The highest BCUT2D eigenvalue weighted by Crippen LogP contribution is 2.22. The molecule has 0 saturated heterocycles. The number of hydrogen-bond acceptors (Lipinski definition) is 4. The van der Waals surface area contributed by atoms with E-state index in [1.165, 1.54) is 0 Å². The van der Waals surface area contributed by atoms with Crippen LogP contribution >= 0.6 is 0 Å². The van der Waals surface area contributed by atoms with Gasteiger partial charge in [-0.25, -0.2) is 4.68 Å². The first-order valence-electron chi connectivity index (χ1n) is 5.12. The smallest absolute Gasteiger partial charge is 0.151 e. The molecule has 6 nitrogen and oxygen atoms in total. The Morgan fingerprint density at radius 3 is 2.82 bits per heavy atom. The zero-order valence-corrected chi connectivity index (χ0v) is 9.75. The topological polar surface area (TPSA) is 83.8 Å². The van der Waals surface area contributed by atoms with Gasteiger partial charge in [-0.05, 0) is 12.1 Å². The Hall–Kier alpha value is -2.37. The summed E-state index contributed by atoms with van der Waals surface area (Å²) in [4.78, 5) is 1.94. The number of aromatic nitrogens is 3. The van der Waals surface area contributed by atoms with Gasteiger partial charge in [0.15, 0.2) is 5.82 Å². The Kier molecular flexibility index (Phi) is 2.78. The molecule has 17 heavy (non-hydrogen) atoms. The quantitative estimate of drug-likeness (QED) is 0.605. The van der Waals surface area contributed by atoms with E-state index in [1.807, 2.05) is 37.2 Å². The van der Waals surface area contributed by atoms with Gasteiger partial charge in [-0.2, -0.15) is 0 Å². The van der Waals surface area contributed by atoms with Crippen molar-refractivity contribution in [1.29, 1.82) is 5.41 Å². The van der Waals surface area contributed by atoms with Crippen LogP contribution in [0.2, 0.25) is 0 Å². The third-order valence-electron chi connectivity index (χ3n) is 2.58. The molecule has 3 N–H and O–H groups in total. The summed E-state index contributed by atoms with van der Waals surface area (Å²) in [6, 6.07) is 7.47. The van der Waals surface area contributed by atoms with Crippen molar-refractivity contribution in [1.82, 2.24) is 15.0 Å². The number of rotatable bonds is 3. The number of nitrogens with one attached hydrogen (secondary N) is 1. The fourth-order valence-electron chi connectivity index (χ4n) is 1.60. The lowest BCUT2D eigenvalue weighted by Crippen LogP contribution is -2.15. The van der Waals surface area contributed by atoms with E-state index >= 15 is 0 Å². The number of hydrogen-bond donors (Lipinski definition) is 2. The zero-order chi connectivity index (χ0) is 12.4. The SMILES string of the molecule is CN(c1cccc(C(=N)N)c1)c1cnnn1C. The van der Waals surface area contributed by atoms with Gasteiger partial charge in [0, 0.05) is 25.3 Å². The van der Waals surface area contributed by atoms with Crippen LogP contribution in [0.25, 0.3) is 0 Å². The molecular formula is C11H14N6. The van der Waals surface area contributed by atoms with E-state index < -0.39 is 0 Å². The molecule has 0 aliphatic carbocycles. The molecule has 1 aromatic carbocycles. The molecule has 1 aromatic heterocycles. The molecule has 0 fully saturated rings. The number of anilines is 2. The Bertz CT molecular complexity index is 544. The van der Waals surface area contributed by atoms with Gasteiger partial charge in [0.2, 0.25) is 0 Å². The molecular weight excluding hydrogens is 216 g/mol. The van der Waals surface area contributed by atoms with Crippen LogP contribution in [-0.4, -0.2) is 27.9 Å². The number of nitrogen functional groups attached to an aromatic ring is 1. The molecule has 1 heterocycles. The molecule has 0 saturated carbocycles. The lowest BCUT2D eigenvalue weighted by atomic mass is 10.2. The van der Waals surface area contributed by atoms with E-state index in [2.05, 4.69) is 10.3 Å². The van der Waals surface area contributed by atoms with E-state index in [4.69, 9.17) is 11.1 Å². The lowest BCUT2D eigenvalue weighted by Gasteiger charge is -2.18. The zero-order valence-electron chi connectivity index (χ0n) is 9.75. The third kappa shape index (κ3) is 2.10. The molecule has 0 unspecified atom stereocenters. The van der Waals surface area contributed by atoms with Crippen LogP contribution in [0.1, 0.15) is 5.56 Å². The highest BCUT2D eigenvalue weighted by atomic mass is 15.5. The van der Waals surface area contributed by atoms with Gasteiger partial charge >= 0.3 is 0 Å². The van der Waals surface area contributed by atoms with Crippen molar-refractivity contribution in [3.8, 4) is 0 Å². The van der Waals surface area contributed by atoms with Gasteiger partial charge in [-0.3, -0.25) is 5.41 Å². The lowest BCUT2D eigenvalue weighted by molar-refractivity contribution is 0.712. The normalized spacial score (nSPS) is 10.2. The van der Waals surface area contributed by atoms with E-state index in [9.17, 15) is 0 Å². The van der Waals surface area contributed by atoms with E-state index in [0.29, 0.717) is 5.56 Å². The average molecular weight is 230 g/mol. The molecule has 0 bridgehead atoms. The second kappa shape index (κ2) is 4.25. The number of nitrogens with two attached hydrogens (primary N) is 1. The van der Waals surface area contributed by atoms with Crippen LogP contribution in [-0.2, 0) is 7.05 Å². The molecule has 0 amide bonds. The number of aryl methyl sites for hydroxylation is 1. The van der Waals surface area contributed by atoms with Crippen molar-refractivity contribution in [2.24, 2.45) is 12.8 Å².